The van der Waals surface area contributed by atoms with E-state index in [1.807, 2.05) is 20.5 Å². The highest BCUT2D eigenvalue weighted by molar-refractivity contribution is 5.77. The fourth-order valence-electron chi connectivity index (χ4n) is 3.53. The molecular weight excluding hydrogens is 320 g/mol. The summed E-state index contributed by atoms with van der Waals surface area (Å²) in [7, 11) is 0. The van der Waals surface area contributed by atoms with Crippen LogP contribution in [0.5, 0.6) is 0 Å². The van der Waals surface area contributed by atoms with Crippen LogP contribution in [-0.4, -0.2) is 64.2 Å². The van der Waals surface area contributed by atoms with Crippen LogP contribution >= 0.6 is 0 Å². The van der Waals surface area contributed by atoms with Crippen LogP contribution in [0.15, 0.2) is 12.3 Å². The standard InChI is InChI=1S/C18H28N4O3/c1-2-3-6-17(23)21-11-15-7-8-19-22(15)16(12-21)13-25-14-18(24)20-9-4-5-10-20/h7-8,16H,2-6,9-14H2,1H3/t16-/m0/s1. The number of nitrogens with zero attached hydrogens (tertiary/aromatic N) is 4. The van der Waals surface area contributed by atoms with Gasteiger partial charge in [0.15, 0.2) is 0 Å². The fraction of sp³-hybridized carbons (Fsp3) is 0.722. The van der Waals surface area contributed by atoms with Crippen LogP contribution in [0.1, 0.15) is 50.8 Å². The maximum absolute atomic E-state index is 12.4. The third-order valence-electron chi connectivity index (χ3n) is 4.97. The first-order valence-corrected chi connectivity index (χ1v) is 9.34. The Morgan fingerprint density at radius 3 is 2.80 bits per heavy atom. The topological polar surface area (TPSA) is 67.7 Å². The van der Waals surface area contributed by atoms with Crippen molar-refractivity contribution in [1.82, 2.24) is 19.6 Å². The quantitative estimate of drug-likeness (QED) is 0.750. The lowest BCUT2D eigenvalue weighted by atomic mass is 10.1. The average molecular weight is 348 g/mol. The van der Waals surface area contributed by atoms with Gasteiger partial charge < -0.3 is 14.5 Å². The number of amides is 2. The molecule has 2 aliphatic heterocycles. The maximum atomic E-state index is 12.4. The summed E-state index contributed by atoms with van der Waals surface area (Å²) in [5, 5.41) is 4.37. The van der Waals surface area contributed by atoms with Gasteiger partial charge in [0.05, 0.1) is 24.9 Å². The summed E-state index contributed by atoms with van der Waals surface area (Å²) in [5.41, 5.74) is 1.02. The molecule has 1 aromatic rings. The normalized spacial score (nSPS) is 20.0. The van der Waals surface area contributed by atoms with Gasteiger partial charge in [-0.15, -0.1) is 0 Å². The van der Waals surface area contributed by atoms with Gasteiger partial charge in [0, 0.05) is 32.3 Å². The minimum Gasteiger partial charge on any atom is -0.369 e. The van der Waals surface area contributed by atoms with E-state index in [2.05, 4.69) is 12.0 Å². The number of ether oxygens (including phenoxy) is 1. The largest absolute Gasteiger partial charge is 0.369 e. The van der Waals surface area contributed by atoms with E-state index in [4.69, 9.17) is 4.74 Å². The second-order valence-electron chi connectivity index (χ2n) is 6.90. The monoisotopic (exact) mass is 348 g/mol. The molecule has 0 bridgehead atoms. The van der Waals surface area contributed by atoms with E-state index >= 15 is 0 Å². The molecule has 0 N–H and O–H groups in total. The number of hydrogen-bond donors (Lipinski definition) is 0. The molecule has 2 amide bonds. The minimum absolute atomic E-state index is 0.0318. The molecule has 3 rings (SSSR count). The summed E-state index contributed by atoms with van der Waals surface area (Å²) in [6.45, 7) is 5.47. The molecule has 0 aliphatic carbocycles. The van der Waals surface area contributed by atoms with Gasteiger partial charge in [0.1, 0.15) is 6.61 Å². The second kappa shape index (κ2) is 8.47. The fourth-order valence-corrected chi connectivity index (χ4v) is 3.53. The predicted octanol–water partition coefficient (Wildman–Crippen LogP) is 1.60. The maximum Gasteiger partial charge on any atom is 0.248 e. The number of rotatable bonds is 7. The van der Waals surface area contributed by atoms with Gasteiger partial charge in [0.25, 0.3) is 0 Å². The van der Waals surface area contributed by atoms with Crippen molar-refractivity contribution >= 4 is 11.8 Å². The Kier molecular flexibility index (Phi) is 6.07. The zero-order chi connectivity index (χ0) is 17.6. The van der Waals surface area contributed by atoms with Crippen molar-refractivity contribution in [3.8, 4) is 0 Å². The molecule has 0 unspecified atom stereocenters. The van der Waals surface area contributed by atoms with Crippen LogP contribution in [0.4, 0.5) is 0 Å². The summed E-state index contributed by atoms with van der Waals surface area (Å²) >= 11 is 0. The van der Waals surface area contributed by atoms with Gasteiger partial charge >= 0.3 is 0 Å². The first-order chi connectivity index (χ1) is 12.2. The molecule has 0 saturated carbocycles. The van der Waals surface area contributed by atoms with E-state index < -0.39 is 0 Å². The molecule has 1 aromatic heterocycles. The van der Waals surface area contributed by atoms with Gasteiger partial charge in [-0.25, -0.2) is 0 Å². The second-order valence-corrected chi connectivity index (χ2v) is 6.90. The molecule has 0 spiro atoms. The third kappa shape index (κ3) is 4.39. The van der Waals surface area contributed by atoms with Crippen LogP contribution < -0.4 is 0 Å². The number of aromatic nitrogens is 2. The molecule has 7 nitrogen and oxygen atoms in total. The van der Waals surface area contributed by atoms with Crippen molar-refractivity contribution in [2.75, 3.05) is 32.8 Å². The zero-order valence-corrected chi connectivity index (χ0v) is 15.0. The Hall–Kier alpha value is -1.89. The molecule has 1 fully saturated rings. The predicted molar refractivity (Wildman–Crippen MR) is 92.8 cm³/mol. The van der Waals surface area contributed by atoms with Gasteiger partial charge in [0.2, 0.25) is 11.8 Å². The number of hydrogen-bond acceptors (Lipinski definition) is 4. The Morgan fingerprint density at radius 1 is 1.24 bits per heavy atom. The van der Waals surface area contributed by atoms with Gasteiger partial charge in [-0.1, -0.05) is 13.3 Å². The highest BCUT2D eigenvalue weighted by atomic mass is 16.5. The molecule has 7 heteroatoms. The SMILES string of the molecule is CCCCC(=O)N1Cc2ccnn2[C@H](COCC(=O)N2CCCC2)C1. The Balaban J connectivity index is 1.54. The average Bonchev–Trinajstić information content (AvgIpc) is 3.30. The number of carbonyl (C=O) groups is 2. The van der Waals surface area contributed by atoms with E-state index in [0.29, 0.717) is 26.1 Å². The summed E-state index contributed by atoms with van der Waals surface area (Å²) in [4.78, 5) is 28.2. The highest BCUT2D eigenvalue weighted by Crippen LogP contribution is 2.21. The lowest BCUT2D eigenvalue weighted by Crippen LogP contribution is -2.43. The van der Waals surface area contributed by atoms with Crippen LogP contribution in [-0.2, 0) is 20.9 Å². The first-order valence-electron chi connectivity index (χ1n) is 9.34. The Bertz CT molecular complexity index is 595. The molecule has 0 aromatic carbocycles. The molecule has 0 radical (unpaired) electrons. The summed E-state index contributed by atoms with van der Waals surface area (Å²) < 4.78 is 7.63. The van der Waals surface area contributed by atoms with Crippen molar-refractivity contribution in [3.05, 3.63) is 18.0 Å². The van der Waals surface area contributed by atoms with Crippen molar-refractivity contribution in [2.24, 2.45) is 0 Å². The number of fused-ring (bicyclic) bond motifs is 1. The molecule has 138 valence electrons. The highest BCUT2D eigenvalue weighted by Gasteiger charge is 2.28. The van der Waals surface area contributed by atoms with Gasteiger partial charge in [-0.3, -0.25) is 14.3 Å². The Morgan fingerprint density at radius 2 is 2.04 bits per heavy atom. The smallest absolute Gasteiger partial charge is 0.248 e. The van der Waals surface area contributed by atoms with Gasteiger partial charge in [-0.05, 0) is 25.3 Å². The molecule has 1 saturated heterocycles. The van der Waals surface area contributed by atoms with E-state index in [0.717, 1.165) is 44.5 Å². The molecule has 1 atom stereocenters. The molecule has 25 heavy (non-hydrogen) atoms. The number of carbonyl (C=O) groups excluding carboxylic acids is 2. The summed E-state index contributed by atoms with van der Waals surface area (Å²) in [6, 6.07) is 1.91. The Labute approximate surface area is 148 Å². The lowest BCUT2D eigenvalue weighted by molar-refractivity contribution is -0.137. The number of likely N-dealkylation sites (tertiary alicyclic amines) is 1. The summed E-state index contributed by atoms with van der Waals surface area (Å²) in [5.74, 6) is 0.248. The van der Waals surface area contributed by atoms with Crippen LogP contribution in [0.25, 0.3) is 0 Å². The van der Waals surface area contributed by atoms with Crippen LogP contribution in [0, 0.1) is 0 Å². The van der Waals surface area contributed by atoms with Gasteiger partial charge in [-0.2, -0.15) is 5.10 Å². The molecule has 2 aliphatic rings. The third-order valence-corrected chi connectivity index (χ3v) is 4.97. The van der Waals surface area contributed by atoms with Crippen LogP contribution in [0.3, 0.4) is 0 Å². The van der Waals surface area contributed by atoms with Crippen LogP contribution in [0.2, 0.25) is 0 Å². The van der Waals surface area contributed by atoms with E-state index in [-0.39, 0.29) is 24.5 Å². The minimum atomic E-state index is -0.0318. The lowest BCUT2D eigenvalue weighted by Gasteiger charge is -2.34. The van der Waals surface area contributed by atoms with Crippen molar-refractivity contribution in [2.45, 2.75) is 51.6 Å². The van der Waals surface area contributed by atoms with Crippen molar-refractivity contribution in [3.63, 3.8) is 0 Å². The van der Waals surface area contributed by atoms with E-state index in [9.17, 15) is 9.59 Å². The van der Waals surface area contributed by atoms with E-state index in [1.165, 1.54) is 0 Å². The number of unbranched alkanes of at least 4 members (excludes halogenated alkanes) is 1. The van der Waals surface area contributed by atoms with E-state index in [1.54, 1.807) is 6.20 Å². The molecule has 3 heterocycles. The summed E-state index contributed by atoms with van der Waals surface area (Å²) in [6.07, 6.45) is 6.45. The zero-order valence-electron chi connectivity index (χ0n) is 15.0. The molecular formula is C18H28N4O3. The van der Waals surface area contributed by atoms with Crippen molar-refractivity contribution < 1.29 is 14.3 Å². The first kappa shape index (κ1) is 17.9. The van der Waals surface area contributed by atoms with Crippen molar-refractivity contribution in [1.29, 1.82) is 0 Å².